The van der Waals surface area contributed by atoms with Crippen molar-refractivity contribution in [1.29, 1.82) is 0 Å². The fraction of sp³-hybridized carbons (Fsp3) is 0.500. The van der Waals surface area contributed by atoms with Gasteiger partial charge in [-0.1, -0.05) is 56.9 Å². The van der Waals surface area contributed by atoms with Gasteiger partial charge in [0.15, 0.2) is 0 Å². The standard InChI is InChI=1S/C26H33FO3/c1-3-5-6-7-19-8-10-20(11-9-19)22-14-17-24(25(27)18-22)21-12-15-23(16-13-21)30-26(28)29-4-2/h12-20H,3-11H2,1-2H3. The maximum Gasteiger partial charge on any atom is 0.513 e. The van der Waals surface area contributed by atoms with Crippen LogP contribution in [0.3, 0.4) is 0 Å². The van der Waals surface area contributed by atoms with Crippen LogP contribution in [0.1, 0.15) is 76.7 Å². The van der Waals surface area contributed by atoms with E-state index in [4.69, 9.17) is 9.47 Å². The second-order valence-corrected chi connectivity index (χ2v) is 8.26. The van der Waals surface area contributed by atoms with Crippen LogP contribution in [0, 0.1) is 11.7 Å². The molecule has 0 N–H and O–H groups in total. The van der Waals surface area contributed by atoms with Crippen LogP contribution in [-0.2, 0) is 4.74 Å². The minimum absolute atomic E-state index is 0.198. The van der Waals surface area contributed by atoms with Gasteiger partial charge in [-0.15, -0.1) is 0 Å². The SMILES string of the molecule is CCCCCC1CCC(c2ccc(-c3ccc(OC(=O)OCC)cc3)c(F)c2)CC1. The highest BCUT2D eigenvalue weighted by Gasteiger charge is 2.23. The number of ether oxygens (including phenoxy) is 2. The van der Waals surface area contributed by atoms with E-state index in [1.54, 1.807) is 37.3 Å². The van der Waals surface area contributed by atoms with E-state index < -0.39 is 6.16 Å². The first kappa shape index (κ1) is 22.3. The molecule has 2 aromatic rings. The Morgan fingerprint density at radius 1 is 1.00 bits per heavy atom. The number of rotatable bonds is 8. The Morgan fingerprint density at radius 2 is 1.73 bits per heavy atom. The summed E-state index contributed by atoms with van der Waals surface area (Å²) in [5.74, 6) is 1.50. The van der Waals surface area contributed by atoms with Gasteiger partial charge in [0.2, 0.25) is 0 Å². The molecule has 0 radical (unpaired) electrons. The summed E-state index contributed by atoms with van der Waals surface area (Å²) < 4.78 is 24.7. The monoisotopic (exact) mass is 412 g/mol. The molecule has 1 aliphatic rings. The van der Waals surface area contributed by atoms with Gasteiger partial charge in [-0.2, -0.15) is 0 Å². The van der Waals surface area contributed by atoms with E-state index in [0.717, 1.165) is 29.9 Å². The number of halogens is 1. The third kappa shape index (κ3) is 6.07. The van der Waals surface area contributed by atoms with Crippen molar-refractivity contribution in [1.82, 2.24) is 0 Å². The van der Waals surface area contributed by atoms with Crippen molar-refractivity contribution in [2.24, 2.45) is 5.92 Å². The summed E-state index contributed by atoms with van der Waals surface area (Å²) in [4.78, 5) is 11.4. The summed E-state index contributed by atoms with van der Waals surface area (Å²) in [6.45, 7) is 4.23. The molecule has 0 amide bonds. The maximum absolute atomic E-state index is 14.9. The average Bonchev–Trinajstić information content (AvgIpc) is 2.75. The van der Waals surface area contributed by atoms with Crippen LogP contribution in [0.2, 0.25) is 0 Å². The molecule has 2 aromatic carbocycles. The molecule has 1 fully saturated rings. The Morgan fingerprint density at radius 3 is 2.37 bits per heavy atom. The van der Waals surface area contributed by atoms with Crippen LogP contribution in [0.15, 0.2) is 42.5 Å². The lowest BCUT2D eigenvalue weighted by atomic mass is 9.77. The molecule has 4 heteroatoms. The summed E-state index contributed by atoms with van der Waals surface area (Å²) in [6, 6.07) is 12.5. The molecule has 0 bridgehead atoms. The maximum atomic E-state index is 14.9. The number of unbranched alkanes of at least 4 members (excludes halogenated alkanes) is 2. The highest BCUT2D eigenvalue weighted by molar-refractivity contribution is 5.67. The van der Waals surface area contributed by atoms with Crippen LogP contribution < -0.4 is 4.74 Å². The molecule has 3 rings (SSSR count). The lowest BCUT2D eigenvalue weighted by Crippen LogP contribution is -2.13. The quantitative estimate of drug-likeness (QED) is 0.251. The number of hydrogen-bond acceptors (Lipinski definition) is 3. The van der Waals surface area contributed by atoms with Crippen LogP contribution in [0.25, 0.3) is 11.1 Å². The van der Waals surface area contributed by atoms with Gasteiger partial charge in [0.05, 0.1) is 6.61 Å². The van der Waals surface area contributed by atoms with Crippen molar-refractivity contribution < 1.29 is 18.7 Å². The van der Waals surface area contributed by atoms with E-state index in [9.17, 15) is 9.18 Å². The van der Waals surface area contributed by atoms with Crippen molar-refractivity contribution in [3.63, 3.8) is 0 Å². The zero-order valence-electron chi connectivity index (χ0n) is 18.2. The average molecular weight is 413 g/mol. The molecule has 0 aliphatic heterocycles. The third-order valence-corrected chi connectivity index (χ3v) is 6.16. The summed E-state index contributed by atoms with van der Waals surface area (Å²) >= 11 is 0. The second kappa shape index (κ2) is 11.1. The smallest absolute Gasteiger partial charge is 0.434 e. The summed E-state index contributed by atoms with van der Waals surface area (Å²) in [7, 11) is 0. The molecule has 0 atom stereocenters. The zero-order chi connectivity index (χ0) is 21.3. The molecule has 0 spiro atoms. The lowest BCUT2D eigenvalue weighted by molar-refractivity contribution is 0.104. The zero-order valence-corrected chi connectivity index (χ0v) is 18.2. The van der Waals surface area contributed by atoms with E-state index in [0.29, 0.717) is 17.2 Å². The summed E-state index contributed by atoms with van der Waals surface area (Å²) in [5.41, 5.74) is 2.44. The second-order valence-electron chi connectivity index (χ2n) is 8.26. The van der Waals surface area contributed by atoms with E-state index in [-0.39, 0.29) is 12.4 Å². The molecule has 1 aliphatic carbocycles. The highest BCUT2D eigenvalue weighted by Crippen LogP contribution is 2.39. The molecule has 0 aromatic heterocycles. The normalized spacial score (nSPS) is 18.8. The van der Waals surface area contributed by atoms with Crippen LogP contribution in [-0.4, -0.2) is 12.8 Å². The van der Waals surface area contributed by atoms with Gasteiger partial charge in [0.25, 0.3) is 0 Å². The van der Waals surface area contributed by atoms with Crippen molar-refractivity contribution in [3.8, 4) is 16.9 Å². The van der Waals surface area contributed by atoms with E-state index in [1.165, 1.54) is 38.5 Å². The molecule has 0 unspecified atom stereocenters. The molecule has 0 saturated heterocycles. The number of carbonyl (C=O) groups excluding carboxylic acids is 1. The number of carbonyl (C=O) groups is 1. The molecule has 162 valence electrons. The van der Waals surface area contributed by atoms with Crippen molar-refractivity contribution >= 4 is 6.16 Å². The van der Waals surface area contributed by atoms with Gasteiger partial charge >= 0.3 is 6.16 Å². The minimum atomic E-state index is -0.735. The van der Waals surface area contributed by atoms with Gasteiger partial charge in [0, 0.05) is 5.56 Å². The Labute approximate surface area is 179 Å². The van der Waals surface area contributed by atoms with Crippen molar-refractivity contribution in [2.75, 3.05) is 6.61 Å². The predicted octanol–water partition coefficient (Wildman–Crippen LogP) is 7.88. The highest BCUT2D eigenvalue weighted by atomic mass is 19.1. The first-order valence-corrected chi connectivity index (χ1v) is 11.3. The lowest BCUT2D eigenvalue weighted by Gasteiger charge is -2.29. The largest absolute Gasteiger partial charge is 0.513 e. The fourth-order valence-corrected chi connectivity index (χ4v) is 4.43. The molecule has 0 heterocycles. The fourth-order valence-electron chi connectivity index (χ4n) is 4.43. The first-order chi connectivity index (χ1) is 14.6. The van der Waals surface area contributed by atoms with E-state index in [2.05, 4.69) is 13.0 Å². The van der Waals surface area contributed by atoms with Crippen LogP contribution in [0.4, 0.5) is 9.18 Å². The van der Waals surface area contributed by atoms with Crippen LogP contribution >= 0.6 is 0 Å². The van der Waals surface area contributed by atoms with Gasteiger partial charge in [-0.25, -0.2) is 9.18 Å². The van der Waals surface area contributed by atoms with Gasteiger partial charge < -0.3 is 9.47 Å². The summed E-state index contributed by atoms with van der Waals surface area (Å²) in [6.07, 6.45) is 9.43. The topological polar surface area (TPSA) is 35.5 Å². The Hall–Kier alpha value is -2.36. The Balaban J connectivity index is 1.60. The Bertz CT molecular complexity index is 808. The minimum Gasteiger partial charge on any atom is -0.434 e. The van der Waals surface area contributed by atoms with Gasteiger partial charge in [-0.05, 0) is 73.8 Å². The number of benzene rings is 2. The predicted molar refractivity (Wildman–Crippen MR) is 118 cm³/mol. The molecule has 30 heavy (non-hydrogen) atoms. The first-order valence-electron chi connectivity index (χ1n) is 11.3. The van der Waals surface area contributed by atoms with E-state index in [1.807, 2.05) is 6.07 Å². The molecule has 3 nitrogen and oxygen atoms in total. The van der Waals surface area contributed by atoms with E-state index >= 15 is 0 Å². The van der Waals surface area contributed by atoms with Gasteiger partial charge in [-0.3, -0.25) is 0 Å². The van der Waals surface area contributed by atoms with Crippen LogP contribution in [0.5, 0.6) is 5.75 Å². The molecular formula is C26H33FO3. The molecule has 1 saturated carbocycles. The third-order valence-electron chi connectivity index (χ3n) is 6.16. The van der Waals surface area contributed by atoms with Crippen molar-refractivity contribution in [2.45, 2.75) is 71.1 Å². The van der Waals surface area contributed by atoms with Gasteiger partial charge in [0.1, 0.15) is 11.6 Å². The molecular weight excluding hydrogens is 379 g/mol. The number of hydrogen-bond donors (Lipinski definition) is 0. The summed E-state index contributed by atoms with van der Waals surface area (Å²) in [5, 5.41) is 0. The Kier molecular flexibility index (Phi) is 8.30. The van der Waals surface area contributed by atoms with Crippen molar-refractivity contribution in [3.05, 3.63) is 53.8 Å².